The third-order valence-corrected chi connectivity index (χ3v) is 4.90. The Morgan fingerprint density at radius 1 is 1.12 bits per heavy atom. The van der Waals surface area contributed by atoms with Gasteiger partial charge in [-0.15, -0.1) is 5.10 Å². The molecule has 0 unspecified atom stereocenters. The number of hydrogen-bond acceptors (Lipinski definition) is 6. The lowest BCUT2D eigenvalue weighted by atomic mass is 10.1. The van der Waals surface area contributed by atoms with Crippen LogP contribution < -0.4 is 9.46 Å². The molecule has 1 N–H and O–H groups in total. The van der Waals surface area contributed by atoms with Gasteiger partial charge in [-0.25, -0.2) is 13.1 Å². The predicted octanol–water partition coefficient (Wildman–Crippen LogP) is 1.78. The van der Waals surface area contributed by atoms with Crippen molar-refractivity contribution in [1.82, 2.24) is 20.2 Å². The molecule has 0 amide bonds. The summed E-state index contributed by atoms with van der Waals surface area (Å²) in [7, 11) is -2.19. The lowest BCUT2D eigenvalue weighted by Crippen LogP contribution is -2.14. The number of hydrogen-bond donors (Lipinski definition) is 1. The standard InChI is InChI=1S/C15H15N5O3S/c1-11-14(4-3-5-15(11)20-10-16-18-19-20)17-24(21,22)13-8-6-12(23-2)7-9-13/h3-10,17H,1-2H3. The van der Waals surface area contributed by atoms with Gasteiger partial charge in [-0.05, 0) is 59.3 Å². The van der Waals surface area contributed by atoms with Crippen LogP contribution in [0, 0.1) is 6.92 Å². The molecule has 0 aliphatic rings. The molecule has 0 saturated heterocycles. The third-order valence-electron chi connectivity index (χ3n) is 3.52. The first-order valence-electron chi connectivity index (χ1n) is 7.01. The van der Waals surface area contributed by atoms with E-state index in [-0.39, 0.29) is 4.90 Å². The normalized spacial score (nSPS) is 11.2. The number of rotatable bonds is 5. The molecule has 8 nitrogen and oxygen atoms in total. The van der Waals surface area contributed by atoms with Gasteiger partial charge in [-0.2, -0.15) is 0 Å². The Balaban J connectivity index is 1.94. The highest BCUT2D eigenvalue weighted by Gasteiger charge is 2.17. The second kappa shape index (κ2) is 6.28. The molecule has 124 valence electrons. The Bertz CT molecular complexity index is 938. The third kappa shape index (κ3) is 3.06. The Hall–Kier alpha value is -2.94. The number of sulfonamides is 1. The SMILES string of the molecule is COc1ccc(S(=O)(=O)Nc2cccc(-n3cnnn3)c2C)cc1. The minimum absolute atomic E-state index is 0.149. The van der Waals surface area contributed by atoms with Crippen LogP contribution in [0.4, 0.5) is 5.69 Å². The van der Waals surface area contributed by atoms with Crippen LogP contribution in [0.2, 0.25) is 0 Å². The van der Waals surface area contributed by atoms with Gasteiger partial charge in [0.15, 0.2) is 0 Å². The average molecular weight is 345 g/mol. The van der Waals surface area contributed by atoms with Crippen molar-refractivity contribution in [2.75, 3.05) is 11.8 Å². The van der Waals surface area contributed by atoms with Gasteiger partial charge < -0.3 is 4.74 Å². The summed E-state index contributed by atoms with van der Waals surface area (Å²) in [6.07, 6.45) is 1.45. The number of anilines is 1. The van der Waals surface area contributed by atoms with Crippen molar-refractivity contribution in [1.29, 1.82) is 0 Å². The van der Waals surface area contributed by atoms with E-state index in [1.54, 1.807) is 37.3 Å². The van der Waals surface area contributed by atoms with E-state index < -0.39 is 10.0 Å². The molecule has 0 radical (unpaired) electrons. The van der Waals surface area contributed by atoms with Crippen LogP contribution in [-0.2, 0) is 10.0 Å². The molecule has 0 spiro atoms. The van der Waals surface area contributed by atoms with Gasteiger partial charge in [0.1, 0.15) is 12.1 Å². The average Bonchev–Trinajstić information content (AvgIpc) is 3.11. The second-order valence-corrected chi connectivity index (χ2v) is 6.67. The molecule has 3 rings (SSSR count). The first-order chi connectivity index (χ1) is 11.5. The van der Waals surface area contributed by atoms with Crippen LogP contribution in [0.15, 0.2) is 53.7 Å². The molecule has 1 aromatic heterocycles. The van der Waals surface area contributed by atoms with Gasteiger partial charge >= 0.3 is 0 Å². The molecule has 0 atom stereocenters. The fourth-order valence-electron chi connectivity index (χ4n) is 2.21. The Kier molecular flexibility index (Phi) is 4.17. The van der Waals surface area contributed by atoms with Crippen molar-refractivity contribution >= 4 is 15.7 Å². The number of nitrogens with zero attached hydrogens (tertiary/aromatic N) is 4. The van der Waals surface area contributed by atoms with Gasteiger partial charge in [0.2, 0.25) is 0 Å². The molecular formula is C15H15N5O3S. The summed E-state index contributed by atoms with van der Waals surface area (Å²) in [6, 6.07) is 11.4. The van der Waals surface area contributed by atoms with Crippen molar-refractivity contribution in [3.05, 3.63) is 54.4 Å². The smallest absolute Gasteiger partial charge is 0.261 e. The quantitative estimate of drug-likeness (QED) is 0.757. The summed E-state index contributed by atoms with van der Waals surface area (Å²) in [5.74, 6) is 0.589. The zero-order chi connectivity index (χ0) is 17.2. The van der Waals surface area contributed by atoms with Crippen molar-refractivity contribution in [3.63, 3.8) is 0 Å². The van der Waals surface area contributed by atoms with Crippen LogP contribution in [0.25, 0.3) is 5.69 Å². The summed E-state index contributed by atoms with van der Waals surface area (Å²) in [4.78, 5) is 0.149. The maximum Gasteiger partial charge on any atom is 0.261 e. The lowest BCUT2D eigenvalue weighted by molar-refractivity contribution is 0.414. The molecule has 0 aliphatic carbocycles. The van der Waals surface area contributed by atoms with Gasteiger partial charge in [-0.3, -0.25) is 4.72 Å². The Morgan fingerprint density at radius 2 is 1.88 bits per heavy atom. The van der Waals surface area contributed by atoms with Gasteiger partial charge in [0.25, 0.3) is 10.0 Å². The minimum Gasteiger partial charge on any atom is -0.497 e. The van der Waals surface area contributed by atoms with E-state index in [9.17, 15) is 8.42 Å². The first-order valence-corrected chi connectivity index (χ1v) is 8.49. The number of benzene rings is 2. The fourth-order valence-corrected chi connectivity index (χ4v) is 3.34. The molecule has 0 fully saturated rings. The predicted molar refractivity (Wildman–Crippen MR) is 87.7 cm³/mol. The molecule has 0 saturated carbocycles. The molecule has 0 aliphatic heterocycles. The molecule has 2 aromatic carbocycles. The number of aromatic nitrogens is 4. The van der Waals surface area contributed by atoms with E-state index in [2.05, 4.69) is 20.2 Å². The number of nitrogens with one attached hydrogen (secondary N) is 1. The summed E-state index contributed by atoms with van der Waals surface area (Å²) in [5.41, 5.74) is 1.86. The molecule has 3 aromatic rings. The van der Waals surface area contributed by atoms with Gasteiger partial charge in [-0.1, -0.05) is 6.07 Å². The highest BCUT2D eigenvalue weighted by atomic mass is 32.2. The first kappa shape index (κ1) is 15.9. The number of methoxy groups -OCH3 is 1. The molecule has 24 heavy (non-hydrogen) atoms. The van der Waals surface area contributed by atoms with Gasteiger partial charge in [0, 0.05) is 0 Å². The summed E-state index contributed by atoms with van der Waals surface area (Å²) in [5, 5.41) is 11.0. The van der Waals surface area contributed by atoms with E-state index in [1.807, 2.05) is 0 Å². The van der Waals surface area contributed by atoms with E-state index in [0.29, 0.717) is 22.7 Å². The van der Waals surface area contributed by atoms with Crippen LogP contribution in [0.5, 0.6) is 5.75 Å². The van der Waals surface area contributed by atoms with Crippen LogP contribution in [-0.4, -0.2) is 35.7 Å². The van der Waals surface area contributed by atoms with Crippen molar-refractivity contribution < 1.29 is 13.2 Å². The van der Waals surface area contributed by atoms with E-state index in [0.717, 1.165) is 0 Å². The maximum atomic E-state index is 12.6. The summed E-state index contributed by atoms with van der Waals surface area (Å²) < 4.78 is 34.2. The minimum atomic E-state index is -3.71. The van der Waals surface area contributed by atoms with E-state index >= 15 is 0 Å². The van der Waals surface area contributed by atoms with Crippen LogP contribution >= 0.6 is 0 Å². The summed E-state index contributed by atoms with van der Waals surface area (Å²) >= 11 is 0. The van der Waals surface area contributed by atoms with Crippen LogP contribution in [0.1, 0.15) is 5.56 Å². The monoisotopic (exact) mass is 345 g/mol. The van der Waals surface area contributed by atoms with Crippen molar-refractivity contribution in [2.24, 2.45) is 0 Å². The van der Waals surface area contributed by atoms with Crippen molar-refractivity contribution in [3.8, 4) is 11.4 Å². The lowest BCUT2D eigenvalue weighted by Gasteiger charge is -2.13. The molecule has 1 heterocycles. The zero-order valence-electron chi connectivity index (χ0n) is 13.0. The number of ether oxygens (including phenoxy) is 1. The second-order valence-electron chi connectivity index (χ2n) is 4.99. The molecular weight excluding hydrogens is 330 g/mol. The fraction of sp³-hybridized carbons (Fsp3) is 0.133. The van der Waals surface area contributed by atoms with E-state index in [4.69, 9.17) is 4.74 Å². The largest absolute Gasteiger partial charge is 0.497 e. The molecule has 0 bridgehead atoms. The highest BCUT2D eigenvalue weighted by molar-refractivity contribution is 7.92. The topological polar surface area (TPSA) is 99.0 Å². The van der Waals surface area contributed by atoms with Gasteiger partial charge in [0.05, 0.1) is 23.4 Å². The maximum absolute atomic E-state index is 12.6. The number of tetrazole rings is 1. The van der Waals surface area contributed by atoms with Crippen LogP contribution in [0.3, 0.4) is 0 Å². The molecule has 9 heteroatoms. The Morgan fingerprint density at radius 3 is 2.50 bits per heavy atom. The summed E-state index contributed by atoms with van der Waals surface area (Å²) in [6.45, 7) is 1.79. The highest BCUT2D eigenvalue weighted by Crippen LogP contribution is 2.25. The Labute approximate surface area is 139 Å². The van der Waals surface area contributed by atoms with E-state index in [1.165, 1.54) is 30.3 Å². The van der Waals surface area contributed by atoms with Crippen molar-refractivity contribution in [2.45, 2.75) is 11.8 Å². The zero-order valence-corrected chi connectivity index (χ0v) is 13.9.